The Bertz CT molecular complexity index is 1230. The lowest BCUT2D eigenvalue weighted by molar-refractivity contribution is -0.130. The molecule has 166 valence electrons. The number of benzene rings is 1. The van der Waals surface area contributed by atoms with Crippen LogP contribution in [-0.2, 0) is 9.53 Å². The number of hydrogen-bond acceptors (Lipinski definition) is 7. The molecule has 32 heavy (non-hydrogen) atoms. The standard InChI is InChI=1S/C24H23NO6S/c1-13-8-10-32-23(13)19-18(21(27)24(28)25(19)12-15-6-4-9-30-15)20(26)17-11-14-5-3-7-16(29-2)22(14)31-17/h3,5,7-8,10-11,15,19,27H,4,6,9,12H2,1-2H3. The molecule has 1 aromatic carbocycles. The van der Waals surface area contributed by atoms with E-state index in [0.717, 1.165) is 23.3 Å². The van der Waals surface area contributed by atoms with Crippen molar-refractivity contribution in [1.29, 1.82) is 0 Å². The topological polar surface area (TPSA) is 89.2 Å². The number of carbonyl (C=O) groups excluding carboxylic acids is 2. The number of aryl methyl sites for hydroxylation is 1. The molecule has 5 rings (SSSR count). The zero-order valence-electron chi connectivity index (χ0n) is 17.8. The predicted octanol–water partition coefficient (Wildman–Crippen LogP) is 4.57. The summed E-state index contributed by atoms with van der Waals surface area (Å²) in [5.41, 5.74) is 1.44. The van der Waals surface area contributed by atoms with Crippen molar-refractivity contribution in [3.05, 3.63) is 63.2 Å². The molecule has 0 spiro atoms. The molecule has 4 heterocycles. The lowest BCUT2D eigenvalue weighted by Crippen LogP contribution is -2.37. The number of Topliss-reactive ketones (excluding diaryl/α,β-unsaturated/α-hetero) is 1. The van der Waals surface area contributed by atoms with E-state index in [-0.39, 0.29) is 17.4 Å². The first-order valence-corrected chi connectivity index (χ1v) is 11.4. The fraction of sp³-hybridized carbons (Fsp3) is 0.333. The van der Waals surface area contributed by atoms with Gasteiger partial charge in [-0.05, 0) is 48.9 Å². The van der Waals surface area contributed by atoms with E-state index in [0.29, 0.717) is 29.9 Å². The molecule has 2 aliphatic heterocycles. The summed E-state index contributed by atoms with van der Waals surface area (Å²) in [4.78, 5) is 29.1. The second kappa shape index (κ2) is 8.11. The Hall–Kier alpha value is -3.10. The van der Waals surface area contributed by atoms with Crippen LogP contribution in [0.25, 0.3) is 11.0 Å². The number of aliphatic hydroxyl groups is 1. The minimum atomic E-state index is -0.686. The Balaban J connectivity index is 1.58. The number of hydrogen-bond donors (Lipinski definition) is 1. The first-order valence-electron chi connectivity index (χ1n) is 10.5. The summed E-state index contributed by atoms with van der Waals surface area (Å²) in [5, 5.41) is 13.5. The highest BCUT2D eigenvalue weighted by atomic mass is 32.1. The van der Waals surface area contributed by atoms with Crippen LogP contribution in [0.2, 0.25) is 0 Å². The highest BCUT2D eigenvalue weighted by molar-refractivity contribution is 7.10. The third-order valence-electron chi connectivity index (χ3n) is 6.07. The van der Waals surface area contributed by atoms with Crippen LogP contribution in [-0.4, -0.2) is 48.1 Å². The summed E-state index contributed by atoms with van der Waals surface area (Å²) < 4.78 is 16.9. The van der Waals surface area contributed by atoms with Gasteiger partial charge in [0.15, 0.2) is 22.9 Å². The number of para-hydroxylation sites is 1. The molecule has 1 amide bonds. The van der Waals surface area contributed by atoms with E-state index in [1.54, 1.807) is 17.0 Å². The number of furan rings is 1. The number of methoxy groups -OCH3 is 1. The van der Waals surface area contributed by atoms with Crippen molar-refractivity contribution in [1.82, 2.24) is 4.90 Å². The van der Waals surface area contributed by atoms with Crippen LogP contribution in [0.5, 0.6) is 5.75 Å². The van der Waals surface area contributed by atoms with Gasteiger partial charge in [-0.25, -0.2) is 0 Å². The van der Waals surface area contributed by atoms with E-state index in [1.165, 1.54) is 18.4 Å². The highest BCUT2D eigenvalue weighted by Crippen LogP contribution is 2.43. The Labute approximate surface area is 188 Å². The molecule has 0 bridgehead atoms. The van der Waals surface area contributed by atoms with Gasteiger partial charge in [0.05, 0.1) is 18.8 Å². The Kier molecular flexibility index (Phi) is 5.27. The average molecular weight is 454 g/mol. The molecule has 0 aliphatic carbocycles. The molecule has 1 saturated heterocycles. The molecule has 0 radical (unpaired) electrons. The van der Waals surface area contributed by atoms with Gasteiger partial charge in [0.1, 0.15) is 6.04 Å². The van der Waals surface area contributed by atoms with E-state index < -0.39 is 23.5 Å². The van der Waals surface area contributed by atoms with Crippen molar-refractivity contribution >= 4 is 34.0 Å². The van der Waals surface area contributed by atoms with Gasteiger partial charge in [-0.1, -0.05) is 12.1 Å². The molecule has 1 N–H and O–H groups in total. The fourth-order valence-electron chi connectivity index (χ4n) is 4.46. The van der Waals surface area contributed by atoms with Crippen LogP contribution in [0.3, 0.4) is 0 Å². The van der Waals surface area contributed by atoms with Crippen LogP contribution in [0.15, 0.2) is 51.5 Å². The van der Waals surface area contributed by atoms with Crippen molar-refractivity contribution in [2.75, 3.05) is 20.3 Å². The van der Waals surface area contributed by atoms with E-state index in [1.807, 2.05) is 30.5 Å². The zero-order valence-corrected chi connectivity index (χ0v) is 18.6. The van der Waals surface area contributed by atoms with E-state index >= 15 is 0 Å². The number of carbonyl (C=O) groups is 2. The molecule has 2 aliphatic rings. The predicted molar refractivity (Wildman–Crippen MR) is 119 cm³/mol. The molecule has 8 heteroatoms. The van der Waals surface area contributed by atoms with Gasteiger partial charge in [0.25, 0.3) is 5.91 Å². The van der Waals surface area contributed by atoms with Crippen LogP contribution < -0.4 is 4.74 Å². The van der Waals surface area contributed by atoms with Crippen LogP contribution >= 0.6 is 11.3 Å². The largest absolute Gasteiger partial charge is 0.503 e. The molecule has 2 atom stereocenters. The average Bonchev–Trinajstić information content (AvgIpc) is 3.57. The normalized spacial score (nSPS) is 21.2. The van der Waals surface area contributed by atoms with Gasteiger partial charge < -0.3 is 23.9 Å². The summed E-state index contributed by atoms with van der Waals surface area (Å²) >= 11 is 1.46. The highest BCUT2D eigenvalue weighted by Gasteiger charge is 2.46. The molecule has 7 nitrogen and oxygen atoms in total. The second-order valence-corrected chi connectivity index (χ2v) is 8.99. The van der Waals surface area contributed by atoms with E-state index in [9.17, 15) is 14.7 Å². The minimum Gasteiger partial charge on any atom is -0.503 e. The molecule has 0 saturated carbocycles. The zero-order chi connectivity index (χ0) is 22.4. The summed E-state index contributed by atoms with van der Waals surface area (Å²) in [7, 11) is 1.53. The number of amides is 1. The molecular formula is C24H23NO6S. The SMILES string of the molecule is COc1cccc2cc(C(=O)C3=C(O)C(=O)N(CC4CCCO4)C3c3sccc3C)oc12. The lowest BCUT2D eigenvalue weighted by Gasteiger charge is -2.28. The van der Waals surface area contributed by atoms with Gasteiger partial charge in [-0.3, -0.25) is 9.59 Å². The van der Waals surface area contributed by atoms with Crippen LogP contribution in [0, 0.1) is 6.92 Å². The maximum absolute atomic E-state index is 13.6. The number of ether oxygens (including phenoxy) is 2. The summed E-state index contributed by atoms with van der Waals surface area (Å²) in [5.74, 6) is -1.04. The minimum absolute atomic E-state index is 0.0385. The third kappa shape index (κ3) is 3.30. The number of fused-ring (bicyclic) bond motifs is 1. The number of rotatable bonds is 6. The van der Waals surface area contributed by atoms with Crippen molar-refractivity contribution < 1.29 is 28.6 Å². The number of ketones is 1. The first-order chi connectivity index (χ1) is 15.5. The molecule has 1 fully saturated rings. The van der Waals surface area contributed by atoms with Gasteiger partial charge >= 0.3 is 0 Å². The monoisotopic (exact) mass is 453 g/mol. The van der Waals surface area contributed by atoms with E-state index in [4.69, 9.17) is 13.9 Å². The van der Waals surface area contributed by atoms with Gasteiger partial charge in [-0.15, -0.1) is 11.3 Å². The summed E-state index contributed by atoms with van der Waals surface area (Å²) in [6, 6.07) is 8.24. The van der Waals surface area contributed by atoms with E-state index in [2.05, 4.69) is 0 Å². The molecule has 2 aromatic heterocycles. The smallest absolute Gasteiger partial charge is 0.290 e. The van der Waals surface area contributed by atoms with Crippen molar-refractivity contribution in [2.45, 2.75) is 31.9 Å². The van der Waals surface area contributed by atoms with Gasteiger partial charge in [-0.2, -0.15) is 0 Å². The third-order valence-corrected chi connectivity index (χ3v) is 7.15. The van der Waals surface area contributed by atoms with Crippen LogP contribution in [0.1, 0.15) is 39.9 Å². The fourth-order valence-corrected chi connectivity index (χ4v) is 5.51. The quantitative estimate of drug-likeness (QED) is 0.550. The summed E-state index contributed by atoms with van der Waals surface area (Å²) in [6.07, 6.45) is 1.66. The van der Waals surface area contributed by atoms with Crippen molar-refractivity contribution in [3.63, 3.8) is 0 Å². The first kappa shape index (κ1) is 20.8. The maximum atomic E-state index is 13.6. The Morgan fingerprint density at radius 1 is 1.34 bits per heavy atom. The second-order valence-electron chi connectivity index (χ2n) is 8.04. The molecule has 3 aromatic rings. The number of thiophene rings is 1. The Morgan fingerprint density at radius 2 is 2.19 bits per heavy atom. The van der Waals surface area contributed by atoms with Crippen molar-refractivity contribution in [2.24, 2.45) is 0 Å². The number of nitrogens with zero attached hydrogens (tertiary/aromatic N) is 1. The van der Waals surface area contributed by atoms with Gasteiger partial charge in [0.2, 0.25) is 5.78 Å². The molecular weight excluding hydrogens is 430 g/mol. The van der Waals surface area contributed by atoms with Crippen molar-refractivity contribution in [3.8, 4) is 5.75 Å². The van der Waals surface area contributed by atoms with Gasteiger partial charge in [0, 0.05) is 23.4 Å². The van der Waals surface area contributed by atoms with Crippen LogP contribution in [0.4, 0.5) is 0 Å². The number of aliphatic hydroxyl groups excluding tert-OH is 1. The Morgan fingerprint density at radius 3 is 2.88 bits per heavy atom. The molecule has 2 unspecified atom stereocenters. The maximum Gasteiger partial charge on any atom is 0.290 e. The lowest BCUT2D eigenvalue weighted by atomic mass is 9.98. The summed E-state index contributed by atoms with van der Waals surface area (Å²) in [6.45, 7) is 2.90.